The summed E-state index contributed by atoms with van der Waals surface area (Å²) in [6, 6.07) is 0. The zero-order valence-corrected chi connectivity index (χ0v) is 8.89. The first-order chi connectivity index (χ1) is 8.20. The van der Waals surface area contributed by atoms with Gasteiger partial charge in [0.15, 0.2) is 0 Å². The number of methoxy groups -OCH3 is 1. The fourth-order valence-corrected chi connectivity index (χ4v) is 1.28. The summed E-state index contributed by atoms with van der Waals surface area (Å²) >= 11 is 0. The van der Waals surface area contributed by atoms with Crippen molar-refractivity contribution >= 4 is 11.7 Å². The van der Waals surface area contributed by atoms with Gasteiger partial charge in [-0.2, -0.15) is 13.2 Å². The van der Waals surface area contributed by atoms with Gasteiger partial charge >= 0.3 is 12.1 Å². The summed E-state index contributed by atoms with van der Waals surface area (Å²) in [6.45, 7) is 0. The minimum Gasteiger partial charge on any atom is -0.465 e. The monoisotopic (exact) mass is 270 g/mol. The van der Waals surface area contributed by atoms with Crippen LogP contribution in [0.5, 0.6) is 0 Å². The van der Waals surface area contributed by atoms with Crippen molar-refractivity contribution in [3.63, 3.8) is 0 Å². The van der Waals surface area contributed by atoms with Crippen LogP contribution in [-0.2, 0) is 10.9 Å². The second kappa shape index (κ2) is 4.75. The van der Waals surface area contributed by atoms with Gasteiger partial charge in [-0.1, -0.05) is 0 Å². The lowest BCUT2D eigenvalue weighted by Crippen LogP contribution is -2.18. The van der Waals surface area contributed by atoms with Gasteiger partial charge in [-0.25, -0.2) is 13.6 Å². The largest absolute Gasteiger partial charge is 0.465 e. The Morgan fingerprint density at radius 3 is 2.39 bits per heavy atom. The highest BCUT2D eigenvalue weighted by atomic mass is 19.4. The summed E-state index contributed by atoms with van der Waals surface area (Å²) in [5.74, 6) is -1.19. The molecule has 0 saturated heterocycles. The predicted octanol–water partition coefficient (Wildman–Crippen LogP) is 2.41. The standard InChI is InChI=1S/C9H7F5N2O2/c1-18-8(17)3-2-16-6(7(10)11)4(5(3)15)9(12,13)14/h2,7H,1H3,(H2,15,16). The minimum atomic E-state index is -5.15. The summed E-state index contributed by atoms with van der Waals surface area (Å²) in [5, 5.41) is 0. The number of esters is 1. The van der Waals surface area contributed by atoms with E-state index in [1.165, 1.54) is 0 Å². The number of anilines is 1. The number of halogens is 5. The van der Waals surface area contributed by atoms with Crippen molar-refractivity contribution in [2.45, 2.75) is 12.6 Å². The summed E-state index contributed by atoms with van der Waals surface area (Å²) in [6.07, 6.45) is -8.08. The molecule has 0 fully saturated rings. The molecule has 18 heavy (non-hydrogen) atoms. The third kappa shape index (κ3) is 2.49. The second-order valence-corrected chi connectivity index (χ2v) is 3.14. The van der Waals surface area contributed by atoms with Crippen LogP contribution in [0.25, 0.3) is 0 Å². The summed E-state index contributed by atoms with van der Waals surface area (Å²) in [5.41, 5.74) is -0.0884. The maximum Gasteiger partial charge on any atom is 0.420 e. The summed E-state index contributed by atoms with van der Waals surface area (Å²) in [4.78, 5) is 14.0. The predicted molar refractivity (Wildman–Crippen MR) is 49.9 cm³/mol. The normalized spacial score (nSPS) is 11.7. The number of carbonyl (C=O) groups excluding carboxylic acids is 1. The van der Waals surface area contributed by atoms with E-state index in [0.29, 0.717) is 6.20 Å². The molecule has 0 radical (unpaired) electrons. The van der Waals surface area contributed by atoms with Crippen molar-refractivity contribution in [2.75, 3.05) is 12.8 Å². The van der Waals surface area contributed by atoms with Crippen LogP contribution in [0.15, 0.2) is 6.20 Å². The molecule has 0 amide bonds. The minimum absolute atomic E-state index is 0.526. The fraction of sp³-hybridized carbons (Fsp3) is 0.333. The molecule has 2 N–H and O–H groups in total. The molecule has 0 bridgehead atoms. The van der Waals surface area contributed by atoms with E-state index in [9.17, 15) is 26.7 Å². The Labute approximate surface area is 97.6 Å². The van der Waals surface area contributed by atoms with Crippen LogP contribution in [0.2, 0.25) is 0 Å². The van der Waals surface area contributed by atoms with Crippen LogP contribution in [-0.4, -0.2) is 18.1 Å². The Balaban J connectivity index is 3.55. The number of hydrogen-bond donors (Lipinski definition) is 1. The molecule has 9 heteroatoms. The SMILES string of the molecule is COC(=O)c1cnc(C(F)F)c(C(F)(F)F)c1N. The topological polar surface area (TPSA) is 65.2 Å². The first-order valence-electron chi connectivity index (χ1n) is 4.42. The first kappa shape index (κ1) is 14.1. The number of nitrogen functional groups attached to an aromatic ring is 1. The fourth-order valence-electron chi connectivity index (χ4n) is 1.28. The van der Waals surface area contributed by atoms with Crippen molar-refractivity contribution in [3.05, 3.63) is 23.0 Å². The zero-order chi connectivity index (χ0) is 14.1. The third-order valence-corrected chi connectivity index (χ3v) is 2.04. The van der Waals surface area contributed by atoms with Gasteiger partial charge in [0.2, 0.25) is 0 Å². The van der Waals surface area contributed by atoms with Gasteiger partial charge in [-0.15, -0.1) is 0 Å². The first-order valence-corrected chi connectivity index (χ1v) is 4.42. The smallest absolute Gasteiger partial charge is 0.420 e. The van der Waals surface area contributed by atoms with E-state index in [-0.39, 0.29) is 0 Å². The average molecular weight is 270 g/mol. The molecule has 0 saturated carbocycles. The molecule has 1 rings (SSSR count). The van der Waals surface area contributed by atoms with Crippen molar-refractivity contribution in [3.8, 4) is 0 Å². The van der Waals surface area contributed by atoms with E-state index in [1.807, 2.05) is 0 Å². The van der Waals surface area contributed by atoms with E-state index < -0.39 is 41.1 Å². The quantitative estimate of drug-likeness (QED) is 0.662. The van der Waals surface area contributed by atoms with Gasteiger partial charge in [-0.05, 0) is 0 Å². The van der Waals surface area contributed by atoms with Gasteiger partial charge in [0, 0.05) is 6.20 Å². The molecular weight excluding hydrogens is 263 g/mol. The number of rotatable bonds is 2. The van der Waals surface area contributed by atoms with Crippen LogP contribution < -0.4 is 5.73 Å². The Morgan fingerprint density at radius 1 is 1.44 bits per heavy atom. The van der Waals surface area contributed by atoms with Gasteiger partial charge in [-0.3, -0.25) is 4.98 Å². The summed E-state index contributed by atoms with van der Waals surface area (Å²) in [7, 11) is 0.913. The lowest BCUT2D eigenvalue weighted by Gasteiger charge is -2.15. The molecule has 0 spiro atoms. The van der Waals surface area contributed by atoms with Crippen LogP contribution in [0.4, 0.5) is 27.6 Å². The highest BCUT2D eigenvalue weighted by Gasteiger charge is 2.40. The van der Waals surface area contributed by atoms with E-state index in [2.05, 4.69) is 9.72 Å². The number of ether oxygens (including phenoxy) is 1. The van der Waals surface area contributed by atoms with Gasteiger partial charge in [0.05, 0.1) is 12.8 Å². The van der Waals surface area contributed by atoms with Crippen LogP contribution >= 0.6 is 0 Å². The Morgan fingerprint density at radius 2 is 2.00 bits per heavy atom. The number of aromatic nitrogens is 1. The highest BCUT2D eigenvalue weighted by molar-refractivity contribution is 5.95. The number of alkyl halides is 5. The Hall–Kier alpha value is -1.93. The molecule has 1 aromatic rings. The molecule has 0 aliphatic carbocycles. The third-order valence-electron chi connectivity index (χ3n) is 2.04. The molecule has 0 unspecified atom stereocenters. The molecule has 0 aromatic carbocycles. The number of carbonyl (C=O) groups is 1. The molecule has 0 aliphatic heterocycles. The average Bonchev–Trinajstić information content (AvgIpc) is 2.25. The number of nitrogens with two attached hydrogens (primary N) is 1. The van der Waals surface area contributed by atoms with Crippen LogP contribution in [0.1, 0.15) is 28.0 Å². The van der Waals surface area contributed by atoms with Gasteiger partial charge in [0.1, 0.15) is 16.8 Å². The molecule has 100 valence electrons. The highest BCUT2D eigenvalue weighted by Crippen LogP contribution is 2.40. The number of nitrogens with zero attached hydrogens (tertiary/aromatic N) is 1. The van der Waals surface area contributed by atoms with E-state index >= 15 is 0 Å². The van der Waals surface area contributed by atoms with Gasteiger partial charge in [0.25, 0.3) is 6.43 Å². The van der Waals surface area contributed by atoms with Crippen LogP contribution in [0, 0.1) is 0 Å². The molecule has 1 aromatic heterocycles. The van der Waals surface area contributed by atoms with Gasteiger partial charge < -0.3 is 10.5 Å². The lowest BCUT2D eigenvalue weighted by molar-refractivity contribution is -0.139. The Kier molecular flexibility index (Phi) is 3.73. The van der Waals surface area contributed by atoms with E-state index in [4.69, 9.17) is 5.73 Å². The van der Waals surface area contributed by atoms with Crippen molar-refractivity contribution < 1.29 is 31.5 Å². The molecule has 4 nitrogen and oxygen atoms in total. The Bertz CT molecular complexity index is 473. The molecule has 0 aliphatic rings. The summed E-state index contributed by atoms with van der Waals surface area (Å²) < 4.78 is 66.8. The van der Waals surface area contributed by atoms with Crippen molar-refractivity contribution in [1.29, 1.82) is 0 Å². The molecule has 0 atom stereocenters. The van der Waals surface area contributed by atoms with E-state index in [0.717, 1.165) is 7.11 Å². The lowest BCUT2D eigenvalue weighted by atomic mass is 10.1. The van der Waals surface area contributed by atoms with Crippen molar-refractivity contribution in [2.24, 2.45) is 0 Å². The molecular formula is C9H7F5N2O2. The molecule has 1 heterocycles. The maximum absolute atomic E-state index is 12.6. The maximum atomic E-state index is 12.6. The van der Waals surface area contributed by atoms with E-state index in [1.54, 1.807) is 0 Å². The van der Waals surface area contributed by atoms with Crippen molar-refractivity contribution in [1.82, 2.24) is 4.98 Å². The second-order valence-electron chi connectivity index (χ2n) is 3.14. The zero-order valence-electron chi connectivity index (χ0n) is 8.89. The van der Waals surface area contributed by atoms with Crippen LogP contribution in [0.3, 0.4) is 0 Å². The number of hydrogen-bond acceptors (Lipinski definition) is 4. The number of pyridine rings is 1.